The van der Waals surface area contributed by atoms with Crippen molar-refractivity contribution in [3.05, 3.63) is 0 Å². The van der Waals surface area contributed by atoms with E-state index in [-0.39, 0.29) is 11.7 Å². The van der Waals surface area contributed by atoms with Gasteiger partial charge in [-0.1, -0.05) is 0 Å². The molecule has 0 N–H and O–H groups in total. The molecule has 2 nitrogen and oxygen atoms in total. The molecular weight excluding hydrogens is 159 g/mol. The average molecular weight is 174 g/mol. The topological polar surface area (TPSA) is 26.3 Å². The Bertz CT molecular complexity index is 153. The summed E-state index contributed by atoms with van der Waals surface area (Å²) in [6, 6.07) is 0. The van der Waals surface area contributed by atoms with Crippen LogP contribution in [0.5, 0.6) is 0 Å². The van der Waals surface area contributed by atoms with Crippen LogP contribution >= 0.6 is 0 Å². The van der Waals surface area contributed by atoms with E-state index in [1.54, 1.807) is 0 Å². The highest BCUT2D eigenvalue weighted by Gasteiger charge is 2.21. The summed E-state index contributed by atoms with van der Waals surface area (Å²) in [5.41, 5.74) is 0. The second-order valence-electron chi connectivity index (χ2n) is 3.40. The molecule has 0 radical (unpaired) electrons. The Labute approximate surface area is 72.1 Å². The van der Waals surface area contributed by atoms with Gasteiger partial charge < -0.3 is 4.74 Å². The number of alkyl halides is 1. The van der Waals surface area contributed by atoms with Crippen LogP contribution in [-0.4, -0.2) is 25.2 Å². The molecule has 2 unspecified atom stereocenters. The maximum Gasteiger partial charge on any atom is 0.163 e. The molecule has 0 aromatic rings. The largest absolute Gasteiger partial charge is 0.381 e. The van der Waals surface area contributed by atoms with Crippen molar-refractivity contribution in [1.29, 1.82) is 0 Å². The molecule has 0 amide bonds. The predicted octanol–water partition coefficient (Wildman–Crippen LogP) is 1.73. The maximum atomic E-state index is 12.9. The van der Waals surface area contributed by atoms with Gasteiger partial charge in [-0.25, -0.2) is 4.39 Å². The Kier molecular flexibility index (Phi) is 3.66. The molecule has 1 fully saturated rings. The molecular formula is C9H15FO2. The van der Waals surface area contributed by atoms with E-state index >= 15 is 0 Å². The highest BCUT2D eigenvalue weighted by atomic mass is 19.1. The van der Waals surface area contributed by atoms with Crippen molar-refractivity contribution in [3.63, 3.8) is 0 Å². The van der Waals surface area contributed by atoms with E-state index in [0.717, 1.165) is 19.4 Å². The second kappa shape index (κ2) is 4.55. The highest BCUT2D eigenvalue weighted by Crippen LogP contribution is 2.20. The lowest BCUT2D eigenvalue weighted by Gasteiger charge is -2.22. The van der Waals surface area contributed by atoms with Crippen LogP contribution in [0.1, 0.15) is 26.2 Å². The second-order valence-corrected chi connectivity index (χ2v) is 3.40. The molecule has 1 saturated heterocycles. The smallest absolute Gasteiger partial charge is 0.163 e. The number of carbonyl (C=O) groups is 1. The summed E-state index contributed by atoms with van der Waals surface area (Å²) < 4.78 is 18.1. The third-order valence-electron chi connectivity index (χ3n) is 2.24. The molecule has 2 atom stereocenters. The Balaban J connectivity index is 2.24. The van der Waals surface area contributed by atoms with Gasteiger partial charge in [-0.15, -0.1) is 0 Å². The zero-order valence-corrected chi connectivity index (χ0v) is 7.38. The number of hydrogen-bond donors (Lipinski definition) is 0. The van der Waals surface area contributed by atoms with Gasteiger partial charge in [0, 0.05) is 13.2 Å². The minimum Gasteiger partial charge on any atom is -0.381 e. The fourth-order valence-corrected chi connectivity index (χ4v) is 1.45. The van der Waals surface area contributed by atoms with Crippen molar-refractivity contribution in [2.24, 2.45) is 5.92 Å². The van der Waals surface area contributed by atoms with E-state index in [1.165, 1.54) is 6.92 Å². The van der Waals surface area contributed by atoms with Gasteiger partial charge in [-0.05, 0) is 32.1 Å². The molecule has 3 heteroatoms. The van der Waals surface area contributed by atoms with E-state index in [1.807, 2.05) is 0 Å². The number of rotatable bonds is 3. The minimum atomic E-state index is -1.28. The van der Waals surface area contributed by atoms with Gasteiger partial charge in [0.05, 0.1) is 0 Å². The van der Waals surface area contributed by atoms with Gasteiger partial charge in [0.15, 0.2) is 12.0 Å². The first kappa shape index (κ1) is 9.65. The Hall–Kier alpha value is -0.440. The fourth-order valence-electron chi connectivity index (χ4n) is 1.45. The number of hydrogen-bond acceptors (Lipinski definition) is 2. The van der Waals surface area contributed by atoms with E-state index in [2.05, 4.69) is 0 Å². The van der Waals surface area contributed by atoms with Gasteiger partial charge >= 0.3 is 0 Å². The van der Waals surface area contributed by atoms with E-state index in [4.69, 9.17) is 4.74 Å². The molecule has 1 heterocycles. The van der Waals surface area contributed by atoms with E-state index in [9.17, 15) is 9.18 Å². The molecule has 0 bridgehead atoms. The van der Waals surface area contributed by atoms with Crippen LogP contribution in [0.25, 0.3) is 0 Å². The Morgan fingerprint density at radius 1 is 1.75 bits per heavy atom. The van der Waals surface area contributed by atoms with Crippen LogP contribution in [-0.2, 0) is 9.53 Å². The summed E-state index contributed by atoms with van der Waals surface area (Å²) in [7, 11) is 0. The highest BCUT2D eigenvalue weighted by molar-refractivity contribution is 5.80. The predicted molar refractivity (Wildman–Crippen MR) is 43.7 cm³/mol. The van der Waals surface area contributed by atoms with E-state index < -0.39 is 6.17 Å². The van der Waals surface area contributed by atoms with Crippen molar-refractivity contribution in [3.8, 4) is 0 Å². The van der Waals surface area contributed by atoms with Crippen LogP contribution in [0.4, 0.5) is 4.39 Å². The monoisotopic (exact) mass is 174 g/mol. The lowest BCUT2D eigenvalue weighted by atomic mass is 9.95. The Morgan fingerprint density at radius 2 is 2.50 bits per heavy atom. The van der Waals surface area contributed by atoms with Crippen LogP contribution in [0.2, 0.25) is 0 Å². The molecule has 70 valence electrons. The first-order chi connectivity index (χ1) is 5.70. The summed E-state index contributed by atoms with van der Waals surface area (Å²) in [5, 5.41) is 0. The molecule has 1 rings (SSSR count). The van der Waals surface area contributed by atoms with Crippen molar-refractivity contribution >= 4 is 5.78 Å². The summed E-state index contributed by atoms with van der Waals surface area (Å²) in [4.78, 5) is 10.6. The molecule has 0 saturated carbocycles. The van der Waals surface area contributed by atoms with Gasteiger partial charge in [0.25, 0.3) is 0 Å². The lowest BCUT2D eigenvalue weighted by molar-refractivity contribution is -0.122. The van der Waals surface area contributed by atoms with Crippen molar-refractivity contribution in [2.75, 3.05) is 13.2 Å². The first-order valence-corrected chi connectivity index (χ1v) is 4.42. The lowest BCUT2D eigenvalue weighted by Crippen LogP contribution is -2.23. The van der Waals surface area contributed by atoms with Gasteiger partial charge in [-0.2, -0.15) is 0 Å². The van der Waals surface area contributed by atoms with Crippen LogP contribution in [0.15, 0.2) is 0 Å². The number of carbonyl (C=O) groups excluding carboxylic acids is 1. The van der Waals surface area contributed by atoms with Crippen molar-refractivity contribution in [1.82, 2.24) is 0 Å². The van der Waals surface area contributed by atoms with Crippen molar-refractivity contribution < 1.29 is 13.9 Å². The molecule has 0 aromatic heterocycles. The number of Topliss-reactive ketones (excluding diaryl/α,β-unsaturated/α-hetero) is 1. The minimum absolute atomic E-state index is 0.248. The number of halogens is 1. The molecule has 12 heavy (non-hydrogen) atoms. The summed E-state index contributed by atoms with van der Waals surface area (Å²) >= 11 is 0. The normalized spacial score (nSPS) is 26.7. The van der Waals surface area contributed by atoms with Crippen LogP contribution in [0, 0.1) is 5.92 Å². The SMILES string of the molecule is CC(=O)C(F)CC1CCCOC1. The third-order valence-corrected chi connectivity index (χ3v) is 2.24. The van der Waals surface area contributed by atoms with Gasteiger partial charge in [0.1, 0.15) is 0 Å². The van der Waals surface area contributed by atoms with Gasteiger partial charge in [-0.3, -0.25) is 4.79 Å². The van der Waals surface area contributed by atoms with E-state index in [0.29, 0.717) is 13.0 Å². The maximum absolute atomic E-state index is 12.9. The summed E-state index contributed by atoms with van der Waals surface area (Å²) in [6.07, 6.45) is 1.05. The standard InChI is InChI=1S/C9H15FO2/c1-7(11)9(10)5-8-3-2-4-12-6-8/h8-9H,2-6H2,1H3. The van der Waals surface area contributed by atoms with Crippen molar-refractivity contribution in [2.45, 2.75) is 32.4 Å². The van der Waals surface area contributed by atoms with Crippen LogP contribution in [0.3, 0.4) is 0 Å². The molecule has 0 aliphatic carbocycles. The quantitative estimate of drug-likeness (QED) is 0.651. The van der Waals surface area contributed by atoms with Crippen LogP contribution < -0.4 is 0 Å². The number of ether oxygens (including phenoxy) is 1. The molecule has 1 aliphatic rings. The molecule has 0 spiro atoms. The van der Waals surface area contributed by atoms with Gasteiger partial charge in [0.2, 0.25) is 0 Å². The summed E-state index contributed by atoms with van der Waals surface area (Å²) in [6.45, 7) is 2.70. The zero-order valence-electron chi connectivity index (χ0n) is 7.38. The zero-order chi connectivity index (χ0) is 8.97. The molecule has 0 aromatic carbocycles. The third kappa shape index (κ3) is 2.89. The number of ketones is 1. The summed E-state index contributed by atoms with van der Waals surface area (Å²) in [5.74, 6) is -0.113. The average Bonchev–Trinajstić information content (AvgIpc) is 2.06. The Morgan fingerprint density at radius 3 is 3.00 bits per heavy atom. The fraction of sp³-hybridized carbons (Fsp3) is 0.889. The first-order valence-electron chi connectivity index (χ1n) is 4.42. The molecule has 1 aliphatic heterocycles.